The molecule has 2 fully saturated rings. The Morgan fingerprint density at radius 1 is 1.23 bits per heavy atom. The van der Waals surface area contributed by atoms with Gasteiger partial charge < -0.3 is 15.2 Å². The van der Waals surface area contributed by atoms with Crippen molar-refractivity contribution in [1.82, 2.24) is 0 Å². The lowest BCUT2D eigenvalue weighted by Crippen LogP contribution is -2.31. The van der Waals surface area contributed by atoms with Crippen molar-refractivity contribution in [3.63, 3.8) is 0 Å². The molecular formula is C10H19NO2. The van der Waals surface area contributed by atoms with Crippen molar-refractivity contribution in [2.45, 2.75) is 44.4 Å². The van der Waals surface area contributed by atoms with Crippen LogP contribution in [0.3, 0.4) is 0 Å². The van der Waals surface area contributed by atoms with E-state index in [9.17, 15) is 0 Å². The van der Waals surface area contributed by atoms with E-state index in [1.165, 1.54) is 0 Å². The van der Waals surface area contributed by atoms with E-state index in [1.54, 1.807) is 0 Å². The lowest BCUT2D eigenvalue weighted by Gasteiger charge is -2.21. The molecule has 2 saturated heterocycles. The molecule has 0 amide bonds. The highest BCUT2D eigenvalue weighted by molar-refractivity contribution is 4.84. The van der Waals surface area contributed by atoms with Crippen LogP contribution in [0.4, 0.5) is 0 Å². The molecule has 2 aliphatic heterocycles. The molecule has 0 aromatic heterocycles. The first-order valence-electron chi connectivity index (χ1n) is 5.28. The van der Waals surface area contributed by atoms with Crippen molar-refractivity contribution in [2.75, 3.05) is 13.2 Å². The van der Waals surface area contributed by atoms with Crippen LogP contribution in [0.1, 0.15) is 26.2 Å². The smallest absolute Gasteiger partial charge is 0.0813 e. The summed E-state index contributed by atoms with van der Waals surface area (Å²) in [6.07, 6.45) is 4.33. The molecular weight excluding hydrogens is 166 g/mol. The van der Waals surface area contributed by atoms with Crippen molar-refractivity contribution in [2.24, 2.45) is 11.7 Å². The highest BCUT2D eigenvalue weighted by Gasteiger charge is 2.34. The van der Waals surface area contributed by atoms with Crippen LogP contribution < -0.4 is 5.73 Å². The molecule has 0 aliphatic carbocycles. The van der Waals surface area contributed by atoms with Gasteiger partial charge >= 0.3 is 0 Å². The first-order chi connectivity index (χ1) is 6.29. The average molecular weight is 185 g/mol. The zero-order chi connectivity index (χ0) is 9.26. The fraction of sp³-hybridized carbons (Fsp3) is 1.00. The van der Waals surface area contributed by atoms with E-state index < -0.39 is 0 Å². The van der Waals surface area contributed by atoms with Gasteiger partial charge in [0.25, 0.3) is 0 Å². The van der Waals surface area contributed by atoms with Gasteiger partial charge in [0, 0.05) is 6.04 Å². The molecule has 3 heteroatoms. The van der Waals surface area contributed by atoms with Crippen LogP contribution in [0, 0.1) is 5.92 Å². The Morgan fingerprint density at radius 2 is 1.69 bits per heavy atom. The number of hydrogen-bond donors (Lipinski definition) is 1. The summed E-state index contributed by atoms with van der Waals surface area (Å²) in [5.41, 5.74) is 6.06. The maximum absolute atomic E-state index is 6.06. The largest absolute Gasteiger partial charge is 0.373 e. The summed E-state index contributed by atoms with van der Waals surface area (Å²) in [6.45, 7) is 4.04. The van der Waals surface area contributed by atoms with Crippen molar-refractivity contribution >= 4 is 0 Å². The molecule has 13 heavy (non-hydrogen) atoms. The first kappa shape index (κ1) is 9.44. The quantitative estimate of drug-likeness (QED) is 0.626. The molecule has 0 aromatic rings. The van der Waals surface area contributed by atoms with Gasteiger partial charge in [0.05, 0.1) is 25.4 Å². The second-order valence-electron chi connectivity index (χ2n) is 4.21. The summed E-state index contributed by atoms with van der Waals surface area (Å²) < 4.78 is 10.5. The number of ether oxygens (including phenoxy) is 2. The second kappa shape index (κ2) is 3.95. The monoisotopic (exact) mass is 185 g/mol. The van der Waals surface area contributed by atoms with Crippen LogP contribution in [0.2, 0.25) is 0 Å². The maximum atomic E-state index is 6.06. The highest BCUT2D eigenvalue weighted by Crippen LogP contribution is 2.29. The standard InChI is InChI=1S/C10H19NO2/c1-2-10(11)7(3-8-5-12-8)4-9-6-13-9/h7-10H,2-6,11H2,1H3. The fourth-order valence-corrected chi connectivity index (χ4v) is 1.86. The maximum Gasteiger partial charge on any atom is 0.0813 e. The Labute approximate surface area is 79.6 Å². The normalized spacial score (nSPS) is 35.5. The SMILES string of the molecule is CCC(N)C(CC1CO1)CC1CO1. The molecule has 76 valence electrons. The van der Waals surface area contributed by atoms with Gasteiger partial charge in [-0.3, -0.25) is 0 Å². The average Bonchev–Trinajstić information content (AvgIpc) is 2.94. The van der Waals surface area contributed by atoms with Gasteiger partial charge in [-0.15, -0.1) is 0 Å². The van der Waals surface area contributed by atoms with Crippen LogP contribution in [0.15, 0.2) is 0 Å². The molecule has 0 radical (unpaired) electrons. The van der Waals surface area contributed by atoms with Crippen molar-refractivity contribution in [1.29, 1.82) is 0 Å². The first-order valence-corrected chi connectivity index (χ1v) is 5.28. The van der Waals surface area contributed by atoms with Crippen LogP contribution >= 0.6 is 0 Å². The lowest BCUT2D eigenvalue weighted by molar-refractivity contribution is 0.274. The van der Waals surface area contributed by atoms with Gasteiger partial charge in [0.15, 0.2) is 0 Å². The summed E-state index contributed by atoms with van der Waals surface area (Å²) in [7, 11) is 0. The molecule has 2 heterocycles. The lowest BCUT2D eigenvalue weighted by atomic mass is 9.89. The fourth-order valence-electron chi connectivity index (χ4n) is 1.86. The number of rotatable bonds is 6. The van der Waals surface area contributed by atoms with E-state index >= 15 is 0 Å². The molecule has 2 rings (SSSR count). The van der Waals surface area contributed by atoms with Crippen LogP contribution in [-0.4, -0.2) is 31.5 Å². The summed E-state index contributed by atoms with van der Waals surface area (Å²) in [5, 5.41) is 0. The summed E-state index contributed by atoms with van der Waals surface area (Å²) in [6, 6.07) is 0.327. The minimum absolute atomic E-state index is 0.327. The minimum atomic E-state index is 0.327. The van der Waals surface area contributed by atoms with Crippen LogP contribution in [-0.2, 0) is 9.47 Å². The Bertz CT molecular complexity index is 152. The van der Waals surface area contributed by atoms with Gasteiger partial charge in [-0.2, -0.15) is 0 Å². The van der Waals surface area contributed by atoms with Gasteiger partial charge in [-0.25, -0.2) is 0 Å². The molecule has 3 nitrogen and oxygen atoms in total. The Kier molecular flexibility index (Phi) is 2.86. The molecule has 3 atom stereocenters. The topological polar surface area (TPSA) is 51.1 Å². The van der Waals surface area contributed by atoms with Gasteiger partial charge in [-0.1, -0.05) is 6.92 Å². The summed E-state index contributed by atoms with van der Waals surface area (Å²) in [5.74, 6) is 0.602. The van der Waals surface area contributed by atoms with E-state index in [0.29, 0.717) is 24.2 Å². The Hall–Kier alpha value is -0.120. The zero-order valence-corrected chi connectivity index (χ0v) is 8.24. The van der Waals surface area contributed by atoms with E-state index in [-0.39, 0.29) is 0 Å². The molecule has 0 bridgehead atoms. The van der Waals surface area contributed by atoms with E-state index in [1.807, 2.05) is 0 Å². The zero-order valence-electron chi connectivity index (χ0n) is 8.24. The van der Waals surface area contributed by atoms with E-state index in [0.717, 1.165) is 32.5 Å². The number of epoxide rings is 2. The molecule has 2 N–H and O–H groups in total. The highest BCUT2D eigenvalue weighted by atomic mass is 16.6. The third-order valence-corrected chi connectivity index (χ3v) is 3.01. The summed E-state index contributed by atoms with van der Waals surface area (Å²) in [4.78, 5) is 0. The molecule has 0 spiro atoms. The van der Waals surface area contributed by atoms with Crippen molar-refractivity contribution < 1.29 is 9.47 Å². The van der Waals surface area contributed by atoms with Gasteiger partial charge in [-0.05, 0) is 25.2 Å². The van der Waals surface area contributed by atoms with Crippen molar-refractivity contribution in [3.8, 4) is 0 Å². The predicted molar refractivity (Wildman–Crippen MR) is 50.5 cm³/mol. The van der Waals surface area contributed by atoms with E-state index in [2.05, 4.69) is 6.92 Å². The van der Waals surface area contributed by atoms with Gasteiger partial charge in [0.1, 0.15) is 0 Å². The molecule has 0 aromatic carbocycles. The third kappa shape index (κ3) is 2.93. The Morgan fingerprint density at radius 3 is 2.00 bits per heavy atom. The number of hydrogen-bond acceptors (Lipinski definition) is 3. The molecule has 0 saturated carbocycles. The number of nitrogens with two attached hydrogens (primary N) is 1. The predicted octanol–water partition coefficient (Wildman–Crippen LogP) is 0.918. The van der Waals surface area contributed by atoms with Gasteiger partial charge in [0.2, 0.25) is 0 Å². The molecule has 2 aliphatic rings. The summed E-state index contributed by atoms with van der Waals surface area (Å²) >= 11 is 0. The van der Waals surface area contributed by atoms with E-state index in [4.69, 9.17) is 15.2 Å². The Balaban J connectivity index is 1.76. The van der Waals surface area contributed by atoms with Crippen molar-refractivity contribution in [3.05, 3.63) is 0 Å². The minimum Gasteiger partial charge on any atom is -0.373 e. The second-order valence-corrected chi connectivity index (χ2v) is 4.21. The molecule has 3 unspecified atom stereocenters. The van der Waals surface area contributed by atoms with Crippen LogP contribution in [0.25, 0.3) is 0 Å². The van der Waals surface area contributed by atoms with Crippen LogP contribution in [0.5, 0.6) is 0 Å². The third-order valence-electron chi connectivity index (χ3n) is 3.01.